The van der Waals surface area contributed by atoms with Gasteiger partial charge in [0.15, 0.2) is 5.11 Å². The molecule has 2 aromatic rings. The molecule has 3 N–H and O–H groups in total. The van der Waals surface area contributed by atoms with E-state index < -0.39 is 17.9 Å². The summed E-state index contributed by atoms with van der Waals surface area (Å²) in [6.45, 7) is 8.70. The van der Waals surface area contributed by atoms with Crippen molar-refractivity contribution < 1.29 is 19.1 Å². The SMILES string of the molecule is C=C1NC(=S)N[C@@H](c2ccccc2OCC(C)C)[C@@H]1C(=O)Nc1ccccc1C(=O)OC. The average Bonchev–Trinajstić information content (AvgIpc) is 2.77. The fraction of sp³-hybridized carbons (Fsp3) is 0.292. The van der Waals surface area contributed by atoms with Gasteiger partial charge in [0.1, 0.15) is 11.7 Å². The molecule has 1 saturated heterocycles. The lowest BCUT2D eigenvalue weighted by Gasteiger charge is -2.36. The van der Waals surface area contributed by atoms with Crippen LogP contribution in [0, 0.1) is 11.8 Å². The first-order valence-electron chi connectivity index (χ1n) is 10.3. The summed E-state index contributed by atoms with van der Waals surface area (Å²) >= 11 is 5.33. The number of carbonyl (C=O) groups is 2. The van der Waals surface area contributed by atoms with Crippen LogP contribution in [0.1, 0.15) is 35.8 Å². The Kier molecular flexibility index (Phi) is 7.48. The number of nitrogens with one attached hydrogen (secondary N) is 3. The van der Waals surface area contributed by atoms with E-state index >= 15 is 0 Å². The summed E-state index contributed by atoms with van der Waals surface area (Å²) in [5.41, 5.74) is 1.86. The van der Waals surface area contributed by atoms with Gasteiger partial charge in [0, 0.05) is 11.3 Å². The molecule has 3 rings (SSSR count). The molecule has 1 fully saturated rings. The van der Waals surface area contributed by atoms with Gasteiger partial charge in [0.25, 0.3) is 0 Å². The Labute approximate surface area is 193 Å². The van der Waals surface area contributed by atoms with Crippen molar-refractivity contribution >= 4 is 34.9 Å². The van der Waals surface area contributed by atoms with E-state index in [1.807, 2.05) is 24.3 Å². The Bertz CT molecular complexity index is 1040. The zero-order chi connectivity index (χ0) is 23.3. The van der Waals surface area contributed by atoms with E-state index in [1.165, 1.54) is 7.11 Å². The number of anilines is 1. The minimum Gasteiger partial charge on any atom is -0.493 e. The number of hydrogen-bond acceptors (Lipinski definition) is 5. The lowest BCUT2D eigenvalue weighted by molar-refractivity contribution is -0.119. The molecule has 1 aliphatic heterocycles. The van der Waals surface area contributed by atoms with Crippen molar-refractivity contribution in [2.24, 2.45) is 11.8 Å². The molecule has 1 heterocycles. The Morgan fingerprint density at radius 3 is 2.56 bits per heavy atom. The second-order valence-electron chi connectivity index (χ2n) is 7.85. The monoisotopic (exact) mass is 453 g/mol. The van der Waals surface area contributed by atoms with Crippen molar-refractivity contribution in [3.05, 3.63) is 71.9 Å². The van der Waals surface area contributed by atoms with Crippen molar-refractivity contribution in [1.82, 2.24) is 10.6 Å². The smallest absolute Gasteiger partial charge is 0.339 e. The number of thiocarbonyl (C=S) groups is 1. The second-order valence-corrected chi connectivity index (χ2v) is 8.26. The third kappa shape index (κ3) is 5.26. The summed E-state index contributed by atoms with van der Waals surface area (Å²) < 4.78 is 10.8. The van der Waals surface area contributed by atoms with E-state index in [1.54, 1.807) is 24.3 Å². The van der Waals surface area contributed by atoms with Gasteiger partial charge in [-0.25, -0.2) is 4.79 Å². The number of amides is 1. The summed E-state index contributed by atoms with van der Waals surface area (Å²) in [6, 6.07) is 13.7. The van der Waals surface area contributed by atoms with Crippen molar-refractivity contribution in [3.8, 4) is 5.75 Å². The Morgan fingerprint density at radius 1 is 1.16 bits per heavy atom. The fourth-order valence-corrected chi connectivity index (χ4v) is 3.73. The summed E-state index contributed by atoms with van der Waals surface area (Å²) in [7, 11) is 1.29. The molecule has 0 bridgehead atoms. The van der Waals surface area contributed by atoms with Gasteiger partial charge in [0.05, 0.1) is 31.0 Å². The van der Waals surface area contributed by atoms with Crippen LogP contribution < -0.4 is 20.7 Å². The van der Waals surface area contributed by atoms with E-state index in [-0.39, 0.29) is 11.5 Å². The van der Waals surface area contributed by atoms with E-state index in [9.17, 15) is 9.59 Å². The molecule has 8 heteroatoms. The number of hydrogen-bond donors (Lipinski definition) is 3. The molecule has 2 aromatic carbocycles. The van der Waals surface area contributed by atoms with Crippen LogP contribution in [0.5, 0.6) is 5.75 Å². The van der Waals surface area contributed by atoms with Crippen molar-refractivity contribution in [1.29, 1.82) is 0 Å². The minimum atomic E-state index is -0.726. The molecule has 0 aromatic heterocycles. The van der Waals surface area contributed by atoms with Gasteiger partial charge in [-0.05, 0) is 36.3 Å². The summed E-state index contributed by atoms with van der Waals surface area (Å²) in [4.78, 5) is 25.5. The topological polar surface area (TPSA) is 88.7 Å². The van der Waals surface area contributed by atoms with Crippen molar-refractivity contribution in [2.45, 2.75) is 19.9 Å². The first-order chi connectivity index (χ1) is 15.3. The van der Waals surface area contributed by atoms with Crippen molar-refractivity contribution in [2.75, 3.05) is 19.0 Å². The summed E-state index contributed by atoms with van der Waals surface area (Å²) in [5, 5.41) is 9.35. The highest BCUT2D eigenvalue weighted by atomic mass is 32.1. The van der Waals surface area contributed by atoms with Gasteiger partial charge in [0.2, 0.25) is 5.91 Å². The highest BCUT2D eigenvalue weighted by molar-refractivity contribution is 7.80. The van der Waals surface area contributed by atoms with Crippen LogP contribution in [0.3, 0.4) is 0 Å². The standard InChI is InChI=1S/C24H27N3O4S/c1-14(2)13-31-19-12-8-6-10-17(19)21-20(15(3)25-24(32)27-21)22(28)26-18-11-7-5-9-16(18)23(29)30-4/h5-12,14,20-21H,3,13H2,1-2,4H3,(H,26,28)(H2,25,27,32)/t20-,21+/m1/s1. The molecule has 0 aliphatic carbocycles. The number of rotatable bonds is 7. The van der Waals surface area contributed by atoms with Crippen LogP contribution in [-0.4, -0.2) is 30.7 Å². The minimum absolute atomic E-state index is 0.262. The lowest BCUT2D eigenvalue weighted by Crippen LogP contribution is -2.51. The summed E-state index contributed by atoms with van der Waals surface area (Å²) in [5.74, 6) is -0.601. The first kappa shape index (κ1) is 23.3. The largest absolute Gasteiger partial charge is 0.493 e. The van der Waals surface area contributed by atoms with E-state index in [4.69, 9.17) is 21.7 Å². The second kappa shape index (κ2) is 10.3. The fourth-order valence-electron chi connectivity index (χ4n) is 3.47. The predicted molar refractivity (Wildman–Crippen MR) is 127 cm³/mol. The first-order valence-corrected chi connectivity index (χ1v) is 10.7. The molecule has 1 aliphatic rings. The van der Waals surface area contributed by atoms with E-state index in [2.05, 4.69) is 36.4 Å². The Morgan fingerprint density at radius 2 is 1.84 bits per heavy atom. The summed E-state index contributed by atoms with van der Waals surface area (Å²) in [6.07, 6.45) is 0. The van der Waals surface area contributed by atoms with Crippen LogP contribution in [0.15, 0.2) is 60.8 Å². The van der Waals surface area contributed by atoms with Crippen LogP contribution in [0.2, 0.25) is 0 Å². The zero-order valence-electron chi connectivity index (χ0n) is 18.3. The van der Waals surface area contributed by atoms with Gasteiger partial charge < -0.3 is 25.4 Å². The number of benzene rings is 2. The van der Waals surface area contributed by atoms with Crippen LogP contribution in [0.4, 0.5) is 5.69 Å². The number of para-hydroxylation sites is 2. The maximum Gasteiger partial charge on any atom is 0.339 e. The molecular weight excluding hydrogens is 426 g/mol. The molecule has 0 radical (unpaired) electrons. The molecule has 2 atom stereocenters. The third-order valence-electron chi connectivity index (χ3n) is 4.97. The number of carbonyl (C=O) groups excluding carboxylic acids is 2. The number of ether oxygens (including phenoxy) is 2. The van der Waals surface area contributed by atoms with Crippen LogP contribution >= 0.6 is 12.2 Å². The van der Waals surface area contributed by atoms with Gasteiger partial charge in [-0.2, -0.15) is 0 Å². The van der Waals surface area contributed by atoms with Gasteiger partial charge >= 0.3 is 5.97 Å². The third-order valence-corrected chi connectivity index (χ3v) is 5.19. The molecule has 32 heavy (non-hydrogen) atoms. The maximum absolute atomic E-state index is 13.4. The van der Waals surface area contributed by atoms with Crippen LogP contribution in [0.25, 0.3) is 0 Å². The molecule has 168 valence electrons. The maximum atomic E-state index is 13.4. The molecule has 7 nitrogen and oxygen atoms in total. The molecule has 1 amide bonds. The number of methoxy groups -OCH3 is 1. The predicted octanol–water partition coefficient (Wildman–Crippen LogP) is 3.80. The normalized spacial score (nSPS) is 17.9. The highest BCUT2D eigenvalue weighted by Crippen LogP contribution is 2.36. The highest BCUT2D eigenvalue weighted by Gasteiger charge is 2.38. The van der Waals surface area contributed by atoms with Crippen LogP contribution in [-0.2, 0) is 9.53 Å². The Balaban J connectivity index is 1.94. The van der Waals surface area contributed by atoms with E-state index in [0.29, 0.717) is 34.8 Å². The van der Waals surface area contributed by atoms with E-state index in [0.717, 1.165) is 5.56 Å². The molecule has 0 spiro atoms. The molecule has 0 saturated carbocycles. The Hall–Kier alpha value is -3.39. The molecular formula is C24H27N3O4S. The molecule has 0 unspecified atom stereocenters. The van der Waals surface area contributed by atoms with Gasteiger partial charge in [-0.1, -0.05) is 50.8 Å². The van der Waals surface area contributed by atoms with Gasteiger partial charge in [-0.3, -0.25) is 4.79 Å². The van der Waals surface area contributed by atoms with Crippen molar-refractivity contribution in [3.63, 3.8) is 0 Å². The zero-order valence-corrected chi connectivity index (χ0v) is 19.1. The van der Waals surface area contributed by atoms with Gasteiger partial charge in [-0.15, -0.1) is 0 Å². The quantitative estimate of drug-likeness (QED) is 0.434. The lowest BCUT2D eigenvalue weighted by atomic mass is 9.87. The number of esters is 1. The average molecular weight is 454 g/mol.